The second kappa shape index (κ2) is 6.41. The van der Waals surface area contributed by atoms with E-state index in [1.165, 1.54) is 0 Å². The number of amides is 2. The first-order valence-corrected chi connectivity index (χ1v) is 7.08. The Balaban J connectivity index is 1.69. The van der Waals surface area contributed by atoms with Gasteiger partial charge in [-0.3, -0.25) is 14.4 Å². The van der Waals surface area contributed by atoms with E-state index in [0.29, 0.717) is 0 Å². The van der Waals surface area contributed by atoms with Crippen LogP contribution in [-0.4, -0.2) is 17.9 Å². The lowest BCUT2D eigenvalue weighted by atomic mass is 10.0. The van der Waals surface area contributed by atoms with Crippen molar-refractivity contribution in [1.29, 1.82) is 0 Å². The van der Waals surface area contributed by atoms with Crippen LogP contribution in [0.2, 0.25) is 0 Å². The topological polar surface area (TPSA) is 67.4 Å². The summed E-state index contributed by atoms with van der Waals surface area (Å²) >= 11 is 0. The zero-order valence-corrected chi connectivity index (χ0v) is 11.9. The van der Waals surface area contributed by atoms with Crippen LogP contribution in [0.1, 0.15) is 17.2 Å². The van der Waals surface area contributed by atoms with E-state index in [1.807, 2.05) is 60.7 Å². The molecular formula is C17H16N2O3. The molecule has 2 atom stereocenters. The van der Waals surface area contributed by atoms with Gasteiger partial charge in [-0.1, -0.05) is 60.7 Å². The maximum atomic E-state index is 12.1. The molecule has 1 fully saturated rings. The summed E-state index contributed by atoms with van der Waals surface area (Å²) < 4.78 is 0. The van der Waals surface area contributed by atoms with E-state index in [2.05, 4.69) is 10.8 Å². The smallest absolute Gasteiger partial charge is 0.269 e. The first-order valence-electron chi connectivity index (χ1n) is 7.08. The lowest BCUT2D eigenvalue weighted by molar-refractivity contribution is -0.128. The van der Waals surface area contributed by atoms with Gasteiger partial charge in [0.15, 0.2) is 0 Å². The fraction of sp³-hybridized carbons (Fsp3) is 0.176. The van der Waals surface area contributed by atoms with Crippen molar-refractivity contribution in [2.24, 2.45) is 0 Å². The highest BCUT2D eigenvalue weighted by Crippen LogP contribution is 2.24. The molecule has 22 heavy (non-hydrogen) atoms. The summed E-state index contributed by atoms with van der Waals surface area (Å²) in [5.74, 6) is -0.548. The number of hydroxylamine groups is 1. The summed E-state index contributed by atoms with van der Waals surface area (Å²) in [6, 6.07) is 18.0. The van der Waals surface area contributed by atoms with Gasteiger partial charge in [0.1, 0.15) is 12.1 Å². The van der Waals surface area contributed by atoms with E-state index in [9.17, 15) is 9.59 Å². The molecule has 112 valence electrons. The van der Waals surface area contributed by atoms with Gasteiger partial charge in [0.05, 0.1) is 6.42 Å². The number of hydrogen-bond donors (Lipinski definition) is 2. The van der Waals surface area contributed by atoms with E-state index in [0.717, 1.165) is 11.1 Å². The largest absolute Gasteiger partial charge is 0.341 e. The van der Waals surface area contributed by atoms with E-state index >= 15 is 0 Å². The number of rotatable bonds is 4. The number of carbonyl (C=O) groups is 2. The molecule has 1 aliphatic rings. The third kappa shape index (κ3) is 3.15. The van der Waals surface area contributed by atoms with E-state index < -0.39 is 12.1 Å². The molecule has 0 spiro atoms. The third-order valence-electron chi connectivity index (χ3n) is 3.52. The van der Waals surface area contributed by atoms with Crippen LogP contribution in [0.3, 0.4) is 0 Å². The highest BCUT2D eigenvalue weighted by atomic mass is 16.7. The van der Waals surface area contributed by atoms with Crippen molar-refractivity contribution in [2.75, 3.05) is 0 Å². The Morgan fingerprint density at radius 3 is 2.36 bits per heavy atom. The van der Waals surface area contributed by atoms with Crippen molar-refractivity contribution in [3.8, 4) is 0 Å². The lowest BCUT2D eigenvalue weighted by Crippen LogP contribution is -2.43. The summed E-state index contributed by atoms with van der Waals surface area (Å²) in [5.41, 5.74) is 4.07. The summed E-state index contributed by atoms with van der Waals surface area (Å²) in [6.45, 7) is 0. The highest BCUT2D eigenvalue weighted by molar-refractivity contribution is 5.89. The minimum absolute atomic E-state index is 0.210. The monoisotopic (exact) mass is 296 g/mol. The highest BCUT2D eigenvalue weighted by Gasteiger charge is 2.38. The Hall–Kier alpha value is -2.66. The van der Waals surface area contributed by atoms with Crippen molar-refractivity contribution in [2.45, 2.75) is 18.6 Å². The first kappa shape index (κ1) is 14.3. The third-order valence-corrected chi connectivity index (χ3v) is 3.52. The van der Waals surface area contributed by atoms with Crippen molar-refractivity contribution >= 4 is 11.8 Å². The van der Waals surface area contributed by atoms with Gasteiger partial charge in [0.2, 0.25) is 5.91 Å². The number of hydrogen-bond acceptors (Lipinski definition) is 3. The molecule has 0 saturated carbocycles. The molecule has 1 aliphatic heterocycles. The van der Waals surface area contributed by atoms with Crippen LogP contribution in [0, 0.1) is 0 Å². The van der Waals surface area contributed by atoms with Crippen molar-refractivity contribution < 1.29 is 14.4 Å². The molecule has 0 bridgehead atoms. The van der Waals surface area contributed by atoms with Gasteiger partial charge >= 0.3 is 0 Å². The summed E-state index contributed by atoms with van der Waals surface area (Å²) in [7, 11) is 0. The molecule has 5 nitrogen and oxygen atoms in total. The summed E-state index contributed by atoms with van der Waals surface area (Å²) in [4.78, 5) is 29.3. The molecular weight excluding hydrogens is 280 g/mol. The van der Waals surface area contributed by atoms with Crippen LogP contribution in [0.15, 0.2) is 60.7 Å². The van der Waals surface area contributed by atoms with Gasteiger partial charge in [-0.2, -0.15) is 0 Å². The van der Waals surface area contributed by atoms with Crippen LogP contribution in [0.4, 0.5) is 0 Å². The molecule has 3 rings (SSSR count). The minimum atomic E-state index is -0.724. The average molecular weight is 296 g/mol. The van der Waals surface area contributed by atoms with E-state index in [4.69, 9.17) is 4.84 Å². The SMILES string of the molecule is O=C(Cc1ccccc1)NC1C(=O)NOC1c1ccccc1. The fourth-order valence-corrected chi connectivity index (χ4v) is 2.44. The van der Waals surface area contributed by atoms with Crippen LogP contribution in [0.25, 0.3) is 0 Å². The molecule has 1 saturated heterocycles. The molecule has 0 radical (unpaired) electrons. The molecule has 0 aliphatic carbocycles. The molecule has 2 N–H and O–H groups in total. The van der Waals surface area contributed by atoms with Crippen molar-refractivity contribution in [3.05, 3.63) is 71.8 Å². The molecule has 2 aromatic rings. The van der Waals surface area contributed by atoms with Gasteiger partial charge in [-0.15, -0.1) is 0 Å². The Kier molecular flexibility index (Phi) is 4.16. The lowest BCUT2D eigenvalue weighted by Gasteiger charge is -2.17. The second-order valence-corrected chi connectivity index (χ2v) is 5.12. The zero-order valence-electron chi connectivity index (χ0n) is 11.9. The van der Waals surface area contributed by atoms with Crippen LogP contribution >= 0.6 is 0 Å². The minimum Gasteiger partial charge on any atom is -0.341 e. The van der Waals surface area contributed by atoms with Crippen molar-refractivity contribution in [1.82, 2.24) is 10.8 Å². The molecule has 2 amide bonds. The summed E-state index contributed by atoms with van der Waals surface area (Å²) in [6.07, 6.45) is -0.292. The zero-order chi connectivity index (χ0) is 15.4. The Morgan fingerprint density at radius 1 is 1.05 bits per heavy atom. The van der Waals surface area contributed by atoms with Gasteiger partial charge in [0.25, 0.3) is 5.91 Å². The standard InChI is InChI=1S/C17H16N2O3/c20-14(11-12-7-3-1-4-8-12)18-15-16(22-19-17(15)21)13-9-5-2-6-10-13/h1-10,15-16H,11H2,(H,18,20)(H,19,21). The number of nitrogens with one attached hydrogen (secondary N) is 2. The molecule has 0 aromatic heterocycles. The fourth-order valence-electron chi connectivity index (χ4n) is 2.44. The summed E-state index contributed by atoms with van der Waals surface area (Å²) in [5, 5.41) is 2.75. The van der Waals surface area contributed by atoms with Gasteiger partial charge in [-0.25, -0.2) is 5.48 Å². The Labute approximate surface area is 128 Å². The number of benzene rings is 2. The second-order valence-electron chi connectivity index (χ2n) is 5.12. The van der Waals surface area contributed by atoms with Crippen molar-refractivity contribution in [3.63, 3.8) is 0 Å². The molecule has 2 aromatic carbocycles. The maximum absolute atomic E-state index is 12.1. The maximum Gasteiger partial charge on any atom is 0.269 e. The predicted octanol–water partition coefficient (Wildman–Crippen LogP) is 1.52. The Bertz CT molecular complexity index is 658. The van der Waals surface area contributed by atoms with E-state index in [1.54, 1.807) is 0 Å². The van der Waals surface area contributed by atoms with Gasteiger partial charge in [-0.05, 0) is 11.1 Å². The van der Waals surface area contributed by atoms with Crippen LogP contribution in [0.5, 0.6) is 0 Å². The molecule has 2 unspecified atom stereocenters. The van der Waals surface area contributed by atoms with Crippen LogP contribution < -0.4 is 10.8 Å². The molecule has 5 heteroatoms. The first-order chi connectivity index (χ1) is 10.7. The van der Waals surface area contributed by atoms with Gasteiger partial charge in [0, 0.05) is 0 Å². The molecule has 1 heterocycles. The van der Waals surface area contributed by atoms with Gasteiger partial charge < -0.3 is 5.32 Å². The average Bonchev–Trinajstić information content (AvgIpc) is 2.90. The quantitative estimate of drug-likeness (QED) is 0.899. The predicted molar refractivity (Wildman–Crippen MR) is 80.5 cm³/mol. The van der Waals surface area contributed by atoms with Crippen LogP contribution in [-0.2, 0) is 20.8 Å². The Morgan fingerprint density at radius 2 is 1.68 bits per heavy atom. The van der Waals surface area contributed by atoms with E-state index in [-0.39, 0.29) is 18.2 Å². The number of carbonyl (C=O) groups excluding carboxylic acids is 2. The normalized spacial score (nSPS) is 20.5.